The van der Waals surface area contributed by atoms with Crippen LogP contribution in [0.2, 0.25) is 0 Å². The van der Waals surface area contributed by atoms with Crippen LogP contribution in [0.3, 0.4) is 0 Å². The largest absolute Gasteiger partial charge is 0.348 e. The molecule has 0 atom stereocenters. The van der Waals surface area contributed by atoms with Crippen LogP contribution < -0.4 is 10.7 Å². The van der Waals surface area contributed by atoms with Gasteiger partial charge in [-0.25, -0.2) is 0 Å². The number of benzene rings is 1. The number of anilines is 1. The van der Waals surface area contributed by atoms with Gasteiger partial charge in [0.2, 0.25) is 0 Å². The average molecular weight is 461 g/mol. The number of hydrogen-bond acceptors (Lipinski definition) is 2. The van der Waals surface area contributed by atoms with Crippen LogP contribution in [-0.2, 0) is 25.8 Å². The standard InChI is InChI=1S/C24H33BrN2O2/c1-7-11-12-27-16(6)15(5)23(28)21(20(27)10-4)24(29)26-22-17(8-2)13-19(25)14-18(22)9-3/h13-14H,7-12H2,1-6H3,(H,26,29). The van der Waals surface area contributed by atoms with E-state index < -0.39 is 0 Å². The molecule has 4 nitrogen and oxygen atoms in total. The van der Waals surface area contributed by atoms with Gasteiger partial charge in [0, 0.05) is 33.7 Å². The van der Waals surface area contributed by atoms with Crippen molar-refractivity contribution in [2.75, 3.05) is 5.32 Å². The van der Waals surface area contributed by atoms with Crippen molar-refractivity contribution in [3.63, 3.8) is 0 Å². The highest BCUT2D eigenvalue weighted by Crippen LogP contribution is 2.28. The maximum Gasteiger partial charge on any atom is 0.261 e. The molecule has 1 N–H and O–H groups in total. The van der Waals surface area contributed by atoms with Crippen LogP contribution >= 0.6 is 15.9 Å². The molecular weight excluding hydrogens is 428 g/mol. The van der Waals surface area contributed by atoms with E-state index in [-0.39, 0.29) is 11.3 Å². The van der Waals surface area contributed by atoms with Gasteiger partial charge in [0.15, 0.2) is 5.43 Å². The summed E-state index contributed by atoms with van der Waals surface area (Å²) in [5.41, 5.74) is 5.56. The molecular formula is C24H33BrN2O2. The lowest BCUT2D eigenvalue weighted by molar-refractivity contribution is 0.102. The molecule has 0 unspecified atom stereocenters. The molecule has 2 rings (SSSR count). The molecule has 0 bridgehead atoms. The fourth-order valence-electron chi connectivity index (χ4n) is 3.86. The zero-order valence-corrected chi connectivity index (χ0v) is 20.1. The van der Waals surface area contributed by atoms with Gasteiger partial charge >= 0.3 is 0 Å². The Bertz CT molecular complexity index is 935. The Labute approximate surface area is 182 Å². The lowest BCUT2D eigenvalue weighted by Crippen LogP contribution is -2.31. The first-order chi connectivity index (χ1) is 13.8. The molecule has 0 aliphatic rings. The van der Waals surface area contributed by atoms with Crippen LogP contribution in [0.4, 0.5) is 5.69 Å². The molecule has 29 heavy (non-hydrogen) atoms. The summed E-state index contributed by atoms with van der Waals surface area (Å²) in [6, 6.07) is 4.07. The van der Waals surface area contributed by atoms with E-state index in [4.69, 9.17) is 0 Å². The number of rotatable bonds is 8. The molecule has 2 aromatic rings. The first-order valence-corrected chi connectivity index (χ1v) is 11.4. The monoisotopic (exact) mass is 460 g/mol. The summed E-state index contributed by atoms with van der Waals surface area (Å²) in [4.78, 5) is 26.5. The van der Waals surface area contributed by atoms with Crippen molar-refractivity contribution in [3.8, 4) is 0 Å². The number of halogens is 1. The minimum atomic E-state index is -0.299. The van der Waals surface area contributed by atoms with Crippen LogP contribution in [0, 0.1) is 13.8 Å². The van der Waals surface area contributed by atoms with Crippen LogP contribution in [-0.4, -0.2) is 10.5 Å². The Morgan fingerprint density at radius 2 is 1.62 bits per heavy atom. The van der Waals surface area contributed by atoms with Crippen molar-refractivity contribution in [2.24, 2.45) is 0 Å². The zero-order valence-electron chi connectivity index (χ0n) is 18.5. The van der Waals surface area contributed by atoms with E-state index in [1.165, 1.54) is 0 Å². The molecule has 1 heterocycles. The summed E-state index contributed by atoms with van der Waals surface area (Å²) in [6.07, 6.45) is 4.33. The van der Waals surface area contributed by atoms with Gasteiger partial charge in [-0.1, -0.05) is 50.0 Å². The normalized spacial score (nSPS) is 11.0. The SMILES string of the molecule is CCCCn1c(C)c(C)c(=O)c(C(=O)Nc2c(CC)cc(Br)cc2CC)c1CC. The van der Waals surface area contributed by atoms with E-state index in [1.54, 1.807) is 0 Å². The summed E-state index contributed by atoms with van der Waals surface area (Å²) in [5.74, 6) is -0.299. The average Bonchev–Trinajstić information content (AvgIpc) is 2.71. The molecule has 0 aliphatic heterocycles. The molecule has 5 heteroatoms. The number of nitrogens with one attached hydrogen (secondary N) is 1. The second kappa shape index (κ2) is 10.2. The number of amides is 1. The topological polar surface area (TPSA) is 51.1 Å². The second-order valence-electron chi connectivity index (χ2n) is 7.48. The van der Waals surface area contributed by atoms with Gasteiger partial charge < -0.3 is 9.88 Å². The van der Waals surface area contributed by atoms with Crippen molar-refractivity contribution in [2.45, 2.75) is 80.2 Å². The van der Waals surface area contributed by atoms with Gasteiger partial charge in [-0.3, -0.25) is 9.59 Å². The van der Waals surface area contributed by atoms with E-state index in [0.717, 1.165) is 64.9 Å². The smallest absolute Gasteiger partial charge is 0.261 e. The first kappa shape index (κ1) is 23.4. The van der Waals surface area contributed by atoms with Crippen LogP contribution in [0.15, 0.2) is 21.4 Å². The lowest BCUT2D eigenvalue weighted by Gasteiger charge is -2.22. The number of carbonyl (C=O) groups is 1. The van der Waals surface area contributed by atoms with Crippen molar-refractivity contribution < 1.29 is 4.79 Å². The van der Waals surface area contributed by atoms with Gasteiger partial charge in [0.1, 0.15) is 5.56 Å². The summed E-state index contributed by atoms with van der Waals surface area (Å²) < 4.78 is 3.17. The minimum Gasteiger partial charge on any atom is -0.348 e. The van der Waals surface area contributed by atoms with Crippen LogP contribution in [0.1, 0.15) is 79.0 Å². The Hall–Kier alpha value is -1.88. The quantitative estimate of drug-likeness (QED) is 0.527. The predicted octanol–water partition coefficient (Wildman–Crippen LogP) is 5.97. The summed E-state index contributed by atoms with van der Waals surface area (Å²) in [7, 11) is 0. The molecule has 0 radical (unpaired) electrons. The Morgan fingerprint density at radius 1 is 1.03 bits per heavy atom. The number of carbonyl (C=O) groups excluding carboxylic acids is 1. The highest BCUT2D eigenvalue weighted by Gasteiger charge is 2.23. The third kappa shape index (κ3) is 4.82. The lowest BCUT2D eigenvalue weighted by atomic mass is 10.0. The van der Waals surface area contributed by atoms with E-state index in [2.05, 4.69) is 46.6 Å². The number of unbranched alkanes of at least 4 members (excludes halogenated alkanes) is 1. The fourth-order valence-corrected chi connectivity index (χ4v) is 4.42. The number of pyridine rings is 1. The van der Waals surface area contributed by atoms with Gasteiger partial charge in [-0.2, -0.15) is 0 Å². The minimum absolute atomic E-state index is 0.155. The van der Waals surface area contributed by atoms with Crippen LogP contribution in [0.25, 0.3) is 0 Å². The molecule has 1 aromatic heterocycles. The Kier molecular flexibility index (Phi) is 8.26. The molecule has 1 aromatic carbocycles. The summed E-state index contributed by atoms with van der Waals surface area (Å²) >= 11 is 3.56. The second-order valence-corrected chi connectivity index (χ2v) is 8.40. The predicted molar refractivity (Wildman–Crippen MR) is 125 cm³/mol. The number of aryl methyl sites for hydroxylation is 2. The van der Waals surface area contributed by atoms with Crippen molar-refractivity contribution in [1.82, 2.24) is 4.57 Å². The Balaban J connectivity index is 2.63. The third-order valence-electron chi connectivity index (χ3n) is 5.69. The highest BCUT2D eigenvalue weighted by molar-refractivity contribution is 9.10. The summed E-state index contributed by atoms with van der Waals surface area (Å²) in [5, 5.41) is 3.10. The molecule has 0 spiro atoms. The van der Waals surface area contributed by atoms with E-state index in [1.807, 2.05) is 32.9 Å². The van der Waals surface area contributed by atoms with Gasteiger partial charge in [0.25, 0.3) is 5.91 Å². The third-order valence-corrected chi connectivity index (χ3v) is 6.15. The van der Waals surface area contributed by atoms with Crippen molar-refractivity contribution in [3.05, 3.63) is 60.5 Å². The molecule has 0 aliphatic carbocycles. The van der Waals surface area contributed by atoms with Crippen LogP contribution in [0.5, 0.6) is 0 Å². The number of aromatic nitrogens is 1. The van der Waals surface area contributed by atoms with Crippen molar-refractivity contribution in [1.29, 1.82) is 0 Å². The first-order valence-electron chi connectivity index (χ1n) is 10.7. The van der Waals surface area contributed by atoms with Gasteiger partial charge in [-0.15, -0.1) is 0 Å². The summed E-state index contributed by atoms with van der Waals surface area (Å²) in [6.45, 7) is 12.9. The van der Waals surface area contributed by atoms with Crippen molar-refractivity contribution >= 4 is 27.5 Å². The van der Waals surface area contributed by atoms with Gasteiger partial charge in [-0.05, 0) is 62.8 Å². The molecule has 1 amide bonds. The van der Waals surface area contributed by atoms with E-state index in [0.29, 0.717) is 17.5 Å². The highest BCUT2D eigenvalue weighted by atomic mass is 79.9. The molecule has 0 fully saturated rings. The molecule has 0 saturated heterocycles. The van der Waals surface area contributed by atoms with E-state index >= 15 is 0 Å². The zero-order chi connectivity index (χ0) is 21.7. The number of hydrogen-bond donors (Lipinski definition) is 1. The fraction of sp³-hybridized carbons (Fsp3) is 0.500. The molecule has 0 saturated carbocycles. The number of nitrogens with zero attached hydrogens (tertiary/aromatic N) is 1. The Morgan fingerprint density at radius 3 is 2.10 bits per heavy atom. The molecule has 158 valence electrons. The van der Waals surface area contributed by atoms with E-state index in [9.17, 15) is 9.59 Å². The maximum atomic E-state index is 13.4. The maximum absolute atomic E-state index is 13.4. The van der Waals surface area contributed by atoms with Gasteiger partial charge in [0.05, 0.1) is 0 Å².